The Hall–Kier alpha value is -2.18. The molecule has 0 bridgehead atoms. The molecule has 0 unspecified atom stereocenters. The van der Waals surface area contributed by atoms with Gasteiger partial charge in [0.2, 0.25) is 0 Å². The molecule has 0 amide bonds. The summed E-state index contributed by atoms with van der Waals surface area (Å²) in [7, 11) is 4.82. The van der Waals surface area contributed by atoms with Crippen LogP contribution in [0.15, 0.2) is 12.4 Å². The fraction of sp³-hybridized carbons (Fsp3) is 0.333. The summed E-state index contributed by atoms with van der Waals surface area (Å²) in [6.45, 7) is 0. The summed E-state index contributed by atoms with van der Waals surface area (Å²) in [6, 6.07) is 0. The summed E-state index contributed by atoms with van der Waals surface area (Å²) >= 11 is 0. The first kappa shape index (κ1) is 10.3. The van der Waals surface area contributed by atoms with Crippen molar-refractivity contribution in [2.45, 2.75) is 0 Å². The topological polar surface area (TPSA) is 74.8 Å². The molecular formula is C9H11N5O2. The fourth-order valence-corrected chi connectivity index (χ4v) is 1.46. The highest BCUT2D eigenvalue weighted by molar-refractivity contribution is 5.93. The lowest BCUT2D eigenvalue weighted by Crippen LogP contribution is -2.04. The van der Waals surface area contributed by atoms with E-state index in [0.717, 1.165) is 5.56 Å². The zero-order valence-electron chi connectivity index (χ0n) is 9.21. The maximum Gasteiger partial charge on any atom is 0.360 e. The number of carbonyl (C=O) groups is 1. The molecule has 0 saturated carbocycles. The number of rotatable bonds is 2. The monoisotopic (exact) mass is 221 g/mol. The Morgan fingerprint density at radius 1 is 1.44 bits per heavy atom. The van der Waals surface area contributed by atoms with E-state index < -0.39 is 5.97 Å². The molecule has 0 saturated heterocycles. The molecule has 2 aromatic heterocycles. The van der Waals surface area contributed by atoms with Crippen LogP contribution >= 0.6 is 0 Å². The normalized spacial score (nSPS) is 10.4. The Balaban J connectivity index is 2.55. The van der Waals surface area contributed by atoms with Gasteiger partial charge in [-0.25, -0.2) is 9.48 Å². The molecule has 2 aromatic rings. The molecule has 0 radical (unpaired) electrons. The second-order valence-corrected chi connectivity index (χ2v) is 3.30. The summed E-state index contributed by atoms with van der Waals surface area (Å²) < 4.78 is 7.80. The first-order chi connectivity index (χ1) is 7.63. The van der Waals surface area contributed by atoms with Gasteiger partial charge in [-0.15, -0.1) is 5.10 Å². The number of aryl methyl sites for hydroxylation is 2. The van der Waals surface area contributed by atoms with Gasteiger partial charge in [-0.2, -0.15) is 5.10 Å². The molecule has 0 spiro atoms. The van der Waals surface area contributed by atoms with Gasteiger partial charge in [0.25, 0.3) is 0 Å². The van der Waals surface area contributed by atoms with Crippen molar-refractivity contribution in [2.24, 2.45) is 14.1 Å². The van der Waals surface area contributed by atoms with Gasteiger partial charge in [0.05, 0.1) is 13.3 Å². The Kier molecular flexibility index (Phi) is 2.43. The Morgan fingerprint density at radius 2 is 2.19 bits per heavy atom. The van der Waals surface area contributed by atoms with Crippen LogP contribution in [-0.2, 0) is 18.8 Å². The van der Waals surface area contributed by atoms with Gasteiger partial charge in [0.15, 0.2) is 5.69 Å². The second-order valence-electron chi connectivity index (χ2n) is 3.30. The minimum atomic E-state index is -0.507. The van der Waals surface area contributed by atoms with E-state index in [-0.39, 0.29) is 5.69 Å². The number of nitrogens with zero attached hydrogens (tertiary/aromatic N) is 5. The van der Waals surface area contributed by atoms with Gasteiger partial charge < -0.3 is 4.74 Å². The zero-order chi connectivity index (χ0) is 11.7. The molecule has 0 atom stereocenters. The lowest BCUT2D eigenvalue weighted by molar-refractivity contribution is 0.0595. The second kappa shape index (κ2) is 3.76. The first-order valence-electron chi connectivity index (χ1n) is 4.60. The number of methoxy groups -OCH3 is 1. The van der Waals surface area contributed by atoms with Gasteiger partial charge in [0, 0.05) is 25.9 Å². The molecule has 0 N–H and O–H groups in total. The average Bonchev–Trinajstić information content (AvgIpc) is 2.83. The number of hydrogen-bond donors (Lipinski definition) is 0. The lowest BCUT2D eigenvalue weighted by Gasteiger charge is -1.99. The van der Waals surface area contributed by atoms with E-state index in [9.17, 15) is 4.79 Å². The van der Waals surface area contributed by atoms with Gasteiger partial charge in [-0.3, -0.25) is 4.68 Å². The van der Waals surface area contributed by atoms with Crippen LogP contribution in [0.1, 0.15) is 10.5 Å². The van der Waals surface area contributed by atoms with Crippen LogP contribution in [-0.4, -0.2) is 37.9 Å². The molecule has 0 aliphatic heterocycles. The van der Waals surface area contributed by atoms with E-state index in [1.165, 1.54) is 11.8 Å². The predicted octanol–water partition coefficient (Wildman–Crippen LogP) is 0.00220. The maximum atomic E-state index is 11.5. The molecule has 0 aliphatic carbocycles. The van der Waals surface area contributed by atoms with E-state index in [1.54, 1.807) is 31.2 Å². The largest absolute Gasteiger partial charge is 0.464 e. The predicted molar refractivity (Wildman–Crippen MR) is 54.5 cm³/mol. The molecule has 2 heterocycles. The maximum absolute atomic E-state index is 11.5. The third-order valence-electron chi connectivity index (χ3n) is 2.18. The first-order valence-corrected chi connectivity index (χ1v) is 4.60. The van der Waals surface area contributed by atoms with E-state index >= 15 is 0 Å². The van der Waals surface area contributed by atoms with Crippen LogP contribution in [0.25, 0.3) is 11.3 Å². The number of esters is 1. The minimum absolute atomic E-state index is 0.193. The van der Waals surface area contributed by atoms with Crippen molar-refractivity contribution in [3.05, 3.63) is 18.1 Å². The summed E-state index contributed by atoms with van der Waals surface area (Å²) in [4.78, 5) is 11.5. The van der Waals surface area contributed by atoms with Crippen molar-refractivity contribution < 1.29 is 9.53 Å². The Labute approximate surface area is 91.6 Å². The van der Waals surface area contributed by atoms with Crippen LogP contribution in [0, 0.1) is 0 Å². The SMILES string of the molecule is COC(=O)c1nnn(C)c1-c1cnn(C)c1. The molecule has 7 heteroatoms. The zero-order valence-corrected chi connectivity index (χ0v) is 9.21. The van der Waals surface area contributed by atoms with E-state index in [2.05, 4.69) is 20.1 Å². The van der Waals surface area contributed by atoms with Gasteiger partial charge >= 0.3 is 5.97 Å². The third-order valence-corrected chi connectivity index (χ3v) is 2.18. The standard InChI is InChI=1S/C9H11N5O2/c1-13-5-6(4-10-13)8-7(9(15)16-3)11-12-14(8)2/h4-5H,1-3H3. The van der Waals surface area contributed by atoms with Gasteiger partial charge in [-0.05, 0) is 0 Å². The highest BCUT2D eigenvalue weighted by Crippen LogP contribution is 2.20. The Morgan fingerprint density at radius 3 is 2.75 bits per heavy atom. The van der Waals surface area contributed by atoms with E-state index in [0.29, 0.717) is 5.69 Å². The fourth-order valence-electron chi connectivity index (χ4n) is 1.46. The van der Waals surface area contributed by atoms with Gasteiger partial charge in [-0.1, -0.05) is 5.21 Å². The lowest BCUT2D eigenvalue weighted by atomic mass is 10.2. The van der Waals surface area contributed by atoms with Crippen LogP contribution < -0.4 is 0 Å². The molecule has 7 nitrogen and oxygen atoms in total. The number of carbonyl (C=O) groups excluding carboxylic acids is 1. The summed E-state index contributed by atoms with van der Waals surface area (Å²) in [5.74, 6) is -0.507. The summed E-state index contributed by atoms with van der Waals surface area (Å²) in [6.07, 6.45) is 3.43. The molecule has 0 fully saturated rings. The molecule has 16 heavy (non-hydrogen) atoms. The van der Waals surface area contributed by atoms with Crippen LogP contribution in [0.2, 0.25) is 0 Å². The minimum Gasteiger partial charge on any atom is -0.464 e. The van der Waals surface area contributed by atoms with Crippen molar-refractivity contribution >= 4 is 5.97 Å². The highest BCUT2D eigenvalue weighted by atomic mass is 16.5. The van der Waals surface area contributed by atoms with E-state index in [4.69, 9.17) is 0 Å². The number of hydrogen-bond acceptors (Lipinski definition) is 5. The van der Waals surface area contributed by atoms with Gasteiger partial charge in [0.1, 0.15) is 5.69 Å². The van der Waals surface area contributed by atoms with Crippen molar-refractivity contribution in [3.8, 4) is 11.3 Å². The number of ether oxygens (including phenoxy) is 1. The van der Waals surface area contributed by atoms with E-state index in [1.807, 2.05) is 0 Å². The summed E-state index contributed by atoms with van der Waals surface area (Å²) in [5, 5.41) is 11.6. The molecular weight excluding hydrogens is 210 g/mol. The quantitative estimate of drug-likeness (QED) is 0.667. The third kappa shape index (κ3) is 1.56. The highest BCUT2D eigenvalue weighted by Gasteiger charge is 2.21. The van der Waals surface area contributed by atoms with Crippen LogP contribution in [0.4, 0.5) is 0 Å². The average molecular weight is 221 g/mol. The van der Waals surface area contributed by atoms with Crippen LogP contribution in [0.3, 0.4) is 0 Å². The molecule has 0 aromatic carbocycles. The molecule has 0 aliphatic rings. The van der Waals surface area contributed by atoms with Crippen molar-refractivity contribution in [1.82, 2.24) is 24.8 Å². The molecule has 84 valence electrons. The molecule has 2 rings (SSSR count). The smallest absolute Gasteiger partial charge is 0.360 e. The van der Waals surface area contributed by atoms with Crippen molar-refractivity contribution in [3.63, 3.8) is 0 Å². The van der Waals surface area contributed by atoms with Crippen molar-refractivity contribution in [1.29, 1.82) is 0 Å². The van der Waals surface area contributed by atoms with Crippen molar-refractivity contribution in [2.75, 3.05) is 7.11 Å². The van der Waals surface area contributed by atoms with Crippen LogP contribution in [0.5, 0.6) is 0 Å². The Bertz CT molecular complexity index is 528. The summed E-state index contributed by atoms with van der Waals surface area (Å²) in [5.41, 5.74) is 1.56. The number of aromatic nitrogens is 5.